The number of anilines is 2. The summed E-state index contributed by atoms with van der Waals surface area (Å²) in [5, 5.41) is 92.0. The van der Waals surface area contributed by atoms with Crippen LogP contribution in [0.15, 0.2) is 36.4 Å². The Bertz CT molecular complexity index is 1350. The standard InChI is InChI=1S/C29H38N2O15/c30-14-2-1-3-16(34)13(14)4-5-21(37)45-26-20(11-33)44-28(42-7-6-12-8-18(36)15(31)9-17(12)35)25(41)27(26)46-29-24(40)23(39)22(38)19(10-32)43-29/h1-5,8-9,19-20,22-29,32-36,38-41H,6-7,10-11,30-31H2/b5-4+/t19-,20+,22-,23-,24+,25+,26+,27-,28+,29+/m0/s1. The fourth-order valence-electron chi connectivity index (χ4n) is 5.01. The SMILES string of the molecule is Nc1cc(O)c(CCO[C@@H]2O[C@H](CO)[C@@H](OC(=O)/C=C/c3c(N)cccc3O)[C@@H](O[C@H]3O[C@@H](CO)[C@H](O)[C@H](O)[C@H]3O)[C@H]2O)cc1O. The third-order valence-electron chi connectivity index (χ3n) is 7.57. The molecule has 46 heavy (non-hydrogen) atoms. The van der Waals surface area contributed by atoms with Crippen molar-refractivity contribution in [1.29, 1.82) is 0 Å². The van der Waals surface area contributed by atoms with Crippen molar-refractivity contribution in [3.05, 3.63) is 47.5 Å². The molecule has 2 aliphatic rings. The Labute approximate surface area is 262 Å². The van der Waals surface area contributed by atoms with Crippen LogP contribution in [-0.4, -0.2) is 133 Å². The second kappa shape index (κ2) is 15.2. The second-order valence-corrected chi connectivity index (χ2v) is 10.7. The Balaban J connectivity index is 1.56. The lowest BCUT2D eigenvalue weighted by atomic mass is 9.96. The Morgan fingerprint density at radius 3 is 2.17 bits per heavy atom. The van der Waals surface area contributed by atoms with Gasteiger partial charge in [-0.1, -0.05) is 6.07 Å². The van der Waals surface area contributed by atoms with Crippen LogP contribution in [0.2, 0.25) is 0 Å². The van der Waals surface area contributed by atoms with E-state index in [2.05, 4.69) is 0 Å². The molecule has 2 heterocycles. The molecule has 0 aliphatic carbocycles. The predicted molar refractivity (Wildman–Crippen MR) is 156 cm³/mol. The molecule has 2 aromatic rings. The van der Waals surface area contributed by atoms with Crippen LogP contribution in [0, 0.1) is 0 Å². The highest BCUT2D eigenvalue weighted by molar-refractivity contribution is 5.89. The molecule has 13 N–H and O–H groups in total. The highest BCUT2D eigenvalue weighted by atomic mass is 16.7. The summed E-state index contributed by atoms with van der Waals surface area (Å²) in [6.45, 7) is -1.81. The van der Waals surface area contributed by atoms with Crippen LogP contribution in [0.3, 0.4) is 0 Å². The molecule has 2 aliphatic heterocycles. The topological polar surface area (TPSA) is 297 Å². The number of carbonyl (C=O) groups is 1. The maximum atomic E-state index is 12.9. The molecule has 0 spiro atoms. The number of ether oxygens (including phenoxy) is 5. The molecule has 254 valence electrons. The number of nitrogens with two attached hydrogens (primary N) is 2. The molecule has 0 radical (unpaired) electrons. The van der Waals surface area contributed by atoms with Crippen LogP contribution in [0.25, 0.3) is 6.08 Å². The molecular formula is C29H38N2O15. The molecule has 2 fully saturated rings. The third kappa shape index (κ3) is 7.78. The van der Waals surface area contributed by atoms with Crippen LogP contribution >= 0.6 is 0 Å². The average Bonchev–Trinajstić information content (AvgIpc) is 3.02. The second-order valence-electron chi connectivity index (χ2n) is 10.7. The molecule has 0 amide bonds. The maximum Gasteiger partial charge on any atom is 0.331 e. The minimum atomic E-state index is -1.90. The highest BCUT2D eigenvalue weighted by Gasteiger charge is 2.52. The number of carbonyl (C=O) groups excluding carboxylic acids is 1. The number of phenols is 3. The van der Waals surface area contributed by atoms with Gasteiger partial charge in [0.2, 0.25) is 0 Å². The number of aliphatic hydroxyl groups is 6. The summed E-state index contributed by atoms with van der Waals surface area (Å²) in [7, 11) is 0. The van der Waals surface area contributed by atoms with E-state index in [0.29, 0.717) is 0 Å². The molecular weight excluding hydrogens is 616 g/mol. The Kier molecular flexibility index (Phi) is 11.6. The lowest BCUT2D eigenvalue weighted by molar-refractivity contribution is -0.360. The number of aromatic hydroxyl groups is 3. The monoisotopic (exact) mass is 654 g/mol. The molecule has 17 nitrogen and oxygen atoms in total. The number of hydrogen-bond acceptors (Lipinski definition) is 17. The molecule has 0 aromatic heterocycles. The first-order valence-corrected chi connectivity index (χ1v) is 14.1. The zero-order valence-electron chi connectivity index (χ0n) is 24.3. The molecule has 0 saturated carbocycles. The maximum absolute atomic E-state index is 12.9. The molecule has 2 saturated heterocycles. The van der Waals surface area contributed by atoms with Gasteiger partial charge in [-0.05, 0) is 36.3 Å². The number of aliphatic hydroxyl groups excluding tert-OH is 6. The van der Waals surface area contributed by atoms with Crippen LogP contribution < -0.4 is 11.5 Å². The minimum absolute atomic E-state index is 0.00699. The van der Waals surface area contributed by atoms with Gasteiger partial charge in [-0.15, -0.1) is 0 Å². The summed E-state index contributed by atoms with van der Waals surface area (Å²) in [5.74, 6) is -1.78. The number of rotatable bonds is 11. The normalized spacial score (nSPS) is 31.6. The average molecular weight is 655 g/mol. The van der Waals surface area contributed by atoms with Gasteiger partial charge in [0.25, 0.3) is 0 Å². The van der Waals surface area contributed by atoms with Gasteiger partial charge >= 0.3 is 5.97 Å². The minimum Gasteiger partial charge on any atom is -0.508 e. The van der Waals surface area contributed by atoms with E-state index in [1.165, 1.54) is 30.3 Å². The fourth-order valence-corrected chi connectivity index (χ4v) is 5.01. The van der Waals surface area contributed by atoms with Gasteiger partial charge in [0.15, 0.2) is 18.7 Å². The highest BCUT2D eigenvalue weighted by Crippen LogP contribution is 2.33. The fraction of sp³-hybridized carbons (Fsp3) is 0.483. The first-order chi connectivity index (χ1) is 21.9. The molecule has 0 bridgehead atoms. The number of esters is 1. The van der Waals surface area contributed by atoms with Crippen molar-refractivity contribution in [2.75, 3.05) is 31.3 Å². The third-order valence-corrected chi connectivity index (χ3v) is 7.57. The van der Waals surface area contributed by atoms with Gasteiger partial charge in [-0.3, -0.25) is 0 Å². The van der Waals surface area contributed by atoms with E-state index in [-0.39, 0.29) is 52.8 Å². The van der Waals surface area contributed by atoms with Crippen molar-refractivity contribution in [2.24, 2.45) is 0 Å². The van der Waals surface area contributed by atoms with Crippen LogP contribution in [0.4, 0.5) is 11.4 Å². The zero-order chi connectivity index (χ0) is 33.7. The summed E-state index contributed by atoms with van der Waals surface area (Å²) in [6.07, 6.45) is -14.6. The lowest BCUT2D eigenvalue weighted by Crippen LogP contribution is -2.65. The Hall–Kier alpha value is -3.75. The Morgan fingerprint density at radius 2 is 1.50 bits per heavy atom. The lowest BCUT2D eigenvalue weighted by Gasteiger charge is -2.46. The van der Waals surface area contributed by atoms with Crippen molar-refractivity contribution >= 4 is 23.4 Å². The number of hydrogen-bond donors (Lipinski definition) is 11. The van der Waals surface area contributed by atoms with Gasteiger partial charge in [-0.2, -0.15) is 0 Å². The van der Waals surface area contributed by atoms with Gasteiger partial charge in [0.05, 0.1) is 25.5 Å². The summed E-state index contributed by atoms with van der Waals surface area (Å²) in [5.41, 5.74) is 11.9. The van der Waals surface area contributed by atoms with Gasteiger partial charge in [0.1, 0.15) is 60.0 Å². The first kappa shape index (κ1) is 35.1. The van der Waals surface area contributed by atoms with Crippen molar-refractivity contribution in [3.63, 3.8) is 0 Å². The van der Waals surface area contributed by atoms with Crippen molar-refractivity contribution < 1.29 is 74.4 Å². The predicted octanol–water partition coefficient (Wildman–Crippen LogP) is -2.58. The Morgan fingerprint density at radius 1 is 0.804 bits per heavy atom. The van der Waals surface area contributed by atoms with Crippen LogP contribution in [-0.2, 0) is 34.9 Å². The van der Waals surface area contributed by atoms with E-state index in [1.54, 1.807) is 0 Å². The van der Waals surface area contributed by atoms with Crippen molar-refractivity contribution in [3.8, 4) is 17.2 Å². The molecule has 17 heteroatoms. The zero-order valence-corrected chi connectivity index (χ0v) is 24.3. The van der Waals surface area contributed by atoms with Crippen LogP contribution in [0.5, 0.6) is 17.2 Å². The van der Waals surface area contributed by atoms with E-state index in [0.717, 1.165) is 12.1 Å². The van der Waals surface area contributed by atoms with E-state index in [9.17, 15) is 50.8 Å². The first-order valence-electron chi connectivity index (χ1n) is 14.1. The van der Waals surface area contributed by atoms with Gasteiger partial charge in [0, 0.05) is 23.4 Å². The number of nitrogen functional groups attached to an aromatic ring is 2. The molecule has 2 aromatic carbocycles. The van der Waals surface area contributed by atoms with Crippen LogP contribution in [0.1, 0.15) is 11.1 Å². The van der Waals surface area contributed by atoms with Gasteiger partial charge in [-0.25, -0.2) is 4.79 Å². The summed E-state index contributed by atoms with van der Waals surface area (Å²) >= 11 is 0. The van der Waals surface area contributed by atoms with E-state index >= 15 is 0 Å². The van der Waals surface area contributed by atoms with E-state index in [1.807, 2.05) is 0 Å². The smallest absolute Gasteiger partial charge is 0.331 e. The largest absolute Gasteiger partial charge is 0.508 e. The number of phenolic OH excluding ortho intramolecular Hbond substituents is 3. The molecule has 4 rings (SSSR count). The summed E-state index contributed by atoms with van der Waals surface area (Å²) in [6, 6.07) is 6.69. The van der Waals surface area contributed by atoms with Crippen molar-refractivity contribution in [1.82, 2.24) is 0 Å². The van der Waals surface area contributed by atoms with Crippen molar-refractivity contribution in [2.45, 2.75) is 67.8 Å². The summed E-state index contributed by atoms with van der Waals surface area (Å²) < 4.78 is 28.0. The van der Waals surface area contributed by atoms with Gasteiger partial charge < -0.3 is 81.1 Å². The van der Waals surface area contributed by atoms with E-state index < -0.39 is 80.6 Å². The number of benzene rings is 2. The quantitative estimate of drug-likeness (QED) is 0.0390. The summed E-state index contributed by atoms with van der Waals surface area (Å²) in [4.78, 5) is 12.9. The van der Waals surface area contributed by atoms with E-state index in [4.69, 9.17) is 35.2 Å². The molecule has 0 unspecified atom stereocenters. The molecule has 10 atom stereocenters.